The first-order valence-electron chi connectivity index (χ1n) is 6.12. The smallest absolute Gasteiger partial charge is 0.248 e. The van der Waals surface area contributed by atoms with Crippen molar-refractivity contribution in [3.63, 3.8) is 0 Å². The van der Waals surface area contributed by atoms with E-state index in [-0.39, 0.29) is 12.4 Å². The Hall–Kier alpha value is -1.11. The number of hydrogen-bond acceptors (Lipinski definition) is 4. The highest BCUT2D eigenvalue weighted by atomic mass is 32.2. The fraction of sp³-hybridized carbons (Fsp3) is 0.462. The third-order valence-corrected chi connectivity index (χ3v) is 3.59. The lowest BCUT2D eigenvalue weighted by Gasteiger charge is -2.07. The van der Waals surface area contributed by atoms with Gasteiger partial charge in [-0.1, -0.05) is 0 Å². The van der Waals surface area contributed by atoms with Gasteiger partial charge in [-0.2, -0.15) is 11.8 Å². The highest BCUT2D eigenvalue weighted by Crippen LogP contribution is 2.10. The molecule has 4 N–H and O–H groups in total. The van der Waals surface area contributed by atoms with Crippen LogP contribution < -0.4 is 11.1 Å². The third kappa shape index (κ3) is 6.04. The van der Waals surface area contributed by atoms with Gasteiger partial charge in [0.2, 0.25) is 5.91 Å². The Morgan fingerprint density at radius 2 is 2.21 bits per heavy atom. The lowest BCUT2D eigenvalue weighted by molar-refractivity contribution is 0.1000. The number of nitrogens with one attached hydrogen (secondary N) is 1. The molecule has 4 nitrogen and oxygen atoms in total. The number of aliphatic hydroxyl groups excluding tert-OH is 1. The fourth-order valence-corrected chi connectivity index (χ4v) is 2.33. The van der Waals surface area contributed by atoms with Crippen molar-refractivity contribution in [3.8, 4) is 0 Å². The molecule has 0 saturated heterocycles. The van der Waals surface area contributed by atoms with Gasteiger partial charge in [0, 0.05) is 36.6 Å². The van der Waals surface area contributed by atoms with E-state index in [1.165, 1.54) is 18.2 Å². The number of rotatable bonds is 9. The first-order chi connectivity index (χ1) is 9.15. The van der Waals surface area contributed by atoms with Crippen molar-refractivity contribution >= 4 is 17.7 Å². The quantitative estimate of drug-likeness (QED) is 0.595. The number of thioether (sulfide) groups is 1. The Balaban J connectivity index is 2.32. The summed E-state index contributed by atoms with van der Waals surface area (Å²) in [4.78, 5) is 11.0. The zero-order valence-corrected chi connectivity index (χ0v) is 11.5. The van der Waals surface area contributed by atoms with Crippen molar-refractivity contribution in [1.29, 1.82) is 0 Å². The highest BCUT2D eigenvalue weighted by Gasteiger charge is 2.06. The number of benzene rings is 1. The zero-order valence-electron chi connectivity index (χ0n) is 10.7. The van der Waals surface area contributed by atoms with Crippen LogP contribution in [-0.4, -0.2) is 35.7 Å². The van der Waals surface area contributed by atoms with Crippen LogP contribution in [0.25, 0.3) is 0 Å². The predicted molar refractivity (Wildman–Crippen MR) is 75.7 cm³/mol. The highest BCUT2D eigenvalue weighted by molar-refractivity contribution is 7.99. The molecule has 19 heavy (non-hydrogen) atoms. The van der Waals surface area contributed by atoms with E-state index in [1.807, 2.05) is 0 Å². The van der Waals surface area contributed by atoms with Gasteiger partial charge in [0.05, 0.1) is 0 Å². The van der Waals surface area contributed by atoms with Gasteiger partial charge in [0.25, 0.3) is 0 Å². The van der Waals surface area contributed by atoms with Gasteiger partial charge in [-0.25, -0.2) is 4.39 Å². The van der Waals surface area contributed by atoms with E-state index in [0.29, 0.717) is 17.7 Å². The average molecular weight is 286 g/mol. The van der Waals surface area contributed by atoms with Crippen LogP contribution in [0.15, 0.2) is 18.2 Å². The molecule has 106 valence electrons. The molecule has 0 saturated carbocycles. The number of hydrogen-bond donors (Lipinski definition) is 3. The third-order valence-electron chi connectivity index (χ3n) is 2.52. The summed E-state index contributed by atoms with van der Waals surface area (Å²) >= 11 is 1.73. The van der Waals surface area contributed by atoms with Gasteiger partial charge in [0.15, 0.2) is 0 Å². The van der Waals surface area contributed by atoms with E-state index in [4.69, 9.17) is 10.8 Å². The van der Waals surface area contributed by atoms with Crippen molar-refractivity contribution < 1.29 is 14.3 Å². The monoisotopic (exact) mass is 286 g/mol. The van der Waals surface area contributed by atoms with Crippen LogP contribution in [-0.2, 0) is 6.54 Å². The molecule has 0 aliphatic carbocycles. The molecule has 0 unspecified atom stereocenters. The maximum Gasteiger partial charge on any atom is 0.248 e. The van der Waals surface area contributed by atoms with Crippen molar-refractivity contribution in [2.24, 2.45) is 5.73 Å². The van der Waals surface area contributed by atoms with Crippen molar-refractivity contribution in [3.05, 3.63) is 35.1 Å². The van der Waals surface area contributed by atoms with Crippen LogP contribution in [0.4, 0.5) is 4.39 Å². The number of carbonyl (C=O) groups excluding carboxylic acids is 1. The largest absolute Gasteiger partial charge is 0.396 e. The number of primary amides is 1. The summed E-state index contributed by atoms with van der Waals surface area (Å²) in [6, 6.07) is 4.11. The van der Waals surface area contributed by atoms with Gasteiger partial charge in [-0.05, 0) is 30.4 Å². The summed E-state index contributed by atoms with van der Waals surface area (Å²) in [6.07, 6.45) is 0.792. The molecule has 0 bridgehead atoms. The Morgan fingerprint density at radius 1 is 1.42 bits per heavy atom. The minimum Gasteiger partial charge on any atom is -0.396 e. The normalized spacial score (nSPS) is 10.6. The first kappa shape index (κ1) is 15.9. The molecule has 0 atom stereocenters. The van der Waals surface area contributed by atoms with Gasteiger partial charge in [-0.3, -0.25) is 4.79 Å². The Kier molecular flexibility index (Phi) is 7.47. The summed E-state index contributed by atoms with van der Waals surface area (Å²) in [6.45, 7) is 1.33. The lowest BCUT2D eigenvalue weighted by Crippen LogP contribution is -2.18. The molecule has 0 aromatic heterocycles. The molecule has 0 fully saturated rings. The predicted octanol–water partition coefficient (Wildman–Crippen LogP) is 1.13. The molecule has 0 aliphatic rings. The molecular formula is C13H19FN2O2S. The zero-order chi connectivity index (χ0) is 14.1. The molecule has 1 aromatic rings. The lowest BCUT2D eigenvalue weighted by atomic mass is 10.1. The second-order valence-electron chi connectivity index (χ2n) is 4.04. The standard InChI is InChI=1S/C13H19FN2O2S/c14-12-3-2-10(13(15)18)8-11(12)9-16-4-7-19-6-1-5-17/h2-3,8,16-17H,1,4-7,9H2,(H2,15,18). The summed E-state index contributed by atoms with van der Waals surface area (Å²) in [5.74, 6) is 0.923. The van der Waals surface area contributed by atoms with Gasteiger partial charge in [0.1, 0.15) is 5.82 Å². The Bertz CT molecular complexity index is 416. The van der Waals surface area contributed by atoms with Crippen molar-refractivity contribution in [2.75, 3.05) is 24.7 Å². The van der Waals surface area contributed by atoms with Crippen molar-refractivity contribution in [2.45, 2.75) is 13.0 Å². The molecule has 0 heterocycles. The maximum absolute atomic E-state index is 13.5. The number of carbonyl (C=O) groups is 1. The number of amides is 1. The fourth-order valence-electron chi connectivity index (χ4n) is 1.50. The molecule has 1 rings (SSSR count). The van der Waals surface area contributed by atoms with E-state index in [2.05, 4.69) is 5.32 Å². The van der Waals surface area contributed by atoms with Crippen LogP contribution in [0.2, 0.25) is 0 Å². The van der Waals surface area contributed by atoms with Crippen molar-refractivity contribution in [1.82, 2.24) is 5.32 Å². The van der Waals surface area contributed by atoms with E-state index < -0.39 is 5.91 Å². The number of nitrogens with two attached hydrogens (primary N) is 1. The second kappa shape index (κ2) is 8.90. The molecule has 0 aliphatic heterocycles. The molecular weight excluding hydrogens is 267 g/mol. The second-order valence-corrected chi connectivity index (χ2v) is 5.26. The minimum atomic E-state index is -0.555. The van der Waals surface area contributed by atoms with Gasteiger partial charge in [-0.15, -0.1) is 0 Å². The topological polar surface area (TPSA) is 75.4 Å². The van der Waals surface area contributed by atoms with E-state index in [0.717, 1.165) is 24.5 Å². The Morgan fingerprint density at radius 3 is 2.89 bits per heavy atom. The maximum atomic E-state index is 13.5. The van der Waals surface area contributed by atoms with Gasteiger partial charge < -0.3 is 16.2 Å². The Labute approximate surface area is 116 Å². The summed E-state index contributed by atoms with van der Waals surface area (Å²) in [5, 5.41) is 11.7. The molecule has 1 amide bonds. The summed E-state index contributed by atoms with van der Waals surface area (Å²) in [5.41, 5.74) is 5.91. The SMILES string of the molecule is NC(=O)c1ccc(F)c(CNCCSCCCO)c1. The van der Waals surface area contributed by atoms with E-state index in [9.17, 15) is 9.18 Å². The van der Waals surface area contributed by atoms with Crippen LogP contribution in [0.5, 0.6) is 0 Å². The number of halogens is 1. The summed E-state index contributed by atoms with van der Waals surface area (Å²) in [7, 11) is 0. The molecule has 1 aromatic carbocycles. The molecule has 6 heteroatoms. The van der Waals surface area contributed by atoms with Crippen LogP contribution in [0, 0.1) is 5.82 Å². The van der Waals surface area contributed by atoms with Gasteiger partial charge >= 0.3 is 0 Å². The molecule has 0 spiro atoms. The first-order valence-corrected chi connectivity index (χ1v) is 7.28. The van der Waals surface area contributed by atoms with Crippen LogP contribution in [0.3, 0.4) is 0 Å². The number of aliphatic hydroxyl groups is 1. The van der Waals surface area contributed by atoms with E-state index >= 15 is 0 Å². The van der Waals surface area contributed by atoms with Crippen LogP contribution >= 0.6 is 11.8 Å². The average Bonchev–Trinajstić information content (AvgIpc) is 2.39. The summed E-state index contributed by atoms with van der Waals surface area (Å²) < 4.78 is 13.5. The minimum absolute atomic E-state index is 0.214. The van der Waals surface area contributed by atoms with E-state index in [1.54, 1.807) is 11.8 Å². The molecule has 0 radical (unpaired) electrons. The van der Waals surface area contributed by atoms with Crippen LogP contribution in [0.1, 0.15) is 22.3 Å².